The summed E-state index contributed by atoms with van der Waals surface area (Å²) < 4.78 is 0. The molecule has 0 aliphatic carbocycles. The minimum Gasteiger partial charge on any atom is -0.348 e. The molecule has 0 aromatic heterocycles. The van der Waals surface area contributed by atoms with Crippen LogP contribution in [0.3, 0.4) is 0 Å². The van der Waals surface area contributed by atoms with E-state index in [2.05, 4.69) is 11.9 Å². The van der Waals surface area contributed by atoms with Crippen molar-refractivity contribution in [1.82, 2.24) is 5.32 Å². The van der Waals surface area contributed by atoms with E-state index < -0.39 is 0 Å². The molecule has 0 bridgehead atoms. The van der Waals surface area contributed by atoms with E-state index >= 15 is 0 Å². The quantitative estimate of drug-likeness (QED) is 0.648. The van der Waals surface area contributed by atoms with Crippen molar-refractivity contribution in [3.05, 3.63) is 12.7 Å². The molecule has 0 aromatic rings. The topological polar surface area (TPSA) is 72.2 Å². The van der Waals surface area contributed by atoms with Gasteiger partial charge in [-0.15, -0.1) is 6.58 Å². The van der Waals surface area contributed by atoms with Crippen LogP contribution in [0, 0.1) is 5.92 Å². The van der Waals surface area contributed by atoms with Crippen LogP contribution in [0.15, 0.2) is 12.7 Å². The fourth-order valence-corrected chi connectivity index (χ4v) is 0.462. The van der Waals surface area contributed by atoms with Crippen LogP contribution >= 0.6 is 0 Å². The molecule has 0 radical (unpaired) electrons. The van der Waals surface area contributed by atoms with Gasteiger partial charge in [-0.3, -0.25) is 9.59 Å². The molecule has 0 fully saturated rings. The van der Waals surface area contributed by atoms with Crippen molar-refractivity contribution in [2.24, 2.45) is 11.7 Å². The van der Waals surface area contributed by atoms with E-state index in [1.807, 2.05) is 6.92 Å². The van der Waals surface area contributed by atoms with Crippen LogP contribution in [-0.2, 0) is 9.59 Å². The molecule has 0 atom stereocenters. The van der Waals surface area contributed by atoms with Crippen LogP contribution < -0.4 is 11.1 Å². The number of carbonyl (C=O) groups is 2. The zero-order valence-corrected chi connectivity index (χ0v) is 9.17. The summed E-state index contributed by atoms with van der Waals surface area (Å²) in [6.45, 7) is 8.85. The summed E-state index contributed by atoms with van der Waals surface area (Å²) >= 11 is 0. The first-order chi connectivity index (χ1) is 6.49. The predicted octanol–water partition coefficient (Wildman–Crippen LogP) is 0.479. The maximum Gasteiger partial charge on any atom is 0.234 e. The molecule has 0 aromatic carbocycles. The molecule has 0 aliphatic rings. The third-order valence-electron chi connectivity index (χ3n) is 1.29. The van der Waals surface area contributed by atoms with Gasteiger partial charge in [0.05, 0.1) is 13.1 Å². The molecule has 0 saturated heterocycles. The number of hydrogen-bond donors (Lipinski definition) is 2. The smallest absolute Gasteiger partial charge is 0.234 e. The molecule has 0 heterocycles. The molecule has 0 saturated carbocycles. The van der Waals surface area contributed by atoms with Gasteiger partial charge in [0, 0.05) is 5.92 Å². The molecule has 14 heavy (non-hydrogen) atoms. The number of nitrogens with two attached hydrogens (primary N) is 1. The molecular weight excluding hydrogens is 180 g/mol. The fraction of sp³-hybridized carbons (Fsp3) is 0.600. The van der Waals surface area contributed by atoms with E-state index in [0.29, 0.717) is 0 Å². The van der Waals surface area contributed by atoms with Crippen LogP contribution in [0.2, 0.25) is 0 Å². The van der Waals surface area contributed by atoms with E-state index in [-0.39, 0.29) is 30.7 Å². The lowest BCUT2D eigenvalue weighted by molar-refractivity contribution is -0.125. The summed E-state index contributed by atoms with van der Waals surface area (Å²) in [5, 5.41) is 2.40. The maximum absolute atomic E-state index is 10.9. The molecular formula is C10H20N2O2. The number of amides is 1. The van der Waals surface area contributed by atoms with Crippen molar-refractivity contribution in [3.8, 4) is 0 Å². The first-order valence-corrected chi connectivity index (χ1v) is 4.56. The molecule has 0 aliphatic heterocycles. The van der Waals surface area contributed by atoms with Crippen LogP contribution in [0.4, 0.5) is 0 Å². The van der Waals surface area contributed by atoms with Gasteiger partial charge >= 0.3 is 0 Å². The number of Topliss-reactive ketones (excluding diaryl/α,β-unsaturated/α-hetero) is 1. The van der Waals surface area contributed by atoms with Crippen LogP contribution in [0.1, 0.15) is 20.8 Å². The third-order valence-corrected chi connectivity index (χ3v) is 1.29. The van der Waals surface area contributed by atoms with Gasteiger partial charge in [0.1, 0.15) is 0 Å². The Balaban J connectivity index is 0. The van der Waals surface area contributed by atoms with Gasteiger partial charge in [-0.05, 0) is 6.92 Å². The van der Waals surface area contributed by atoms with Gasteiger partial charge in [0.25, 0.3) is 0 Å². The minimum absolute atomic E-state index is 0.0202. The lowest BCUT2D eigenvalue weighted by Crippen LogP contribution is -2.35. The van der Waals surface area contributed by atoms with Gasteiger partial charge in [-0.25, -0.2) is 0 Å². The van der Waals surface area contributed by atoms with Gasteiger partial charge in [0.15, 0.2) is 5.78 Å². The fourth-order valence-electron chi connectivity index (χ4n) is 0.462. The van der Waals surface area contributed by atoms with Crippen LogP contribution in [0.5, 0.6) is 0 Å². The monoisotopic (exact) mass is 200 g/mol. The summed E-state index contributed by atoms with van der Waals surface area (Å²) in [6.07, 6.45) is 1.75. The molecule has 4 heteroatoms. The van der Waals surface area contributed by atoms with Crippen LogP contribution in [0.25, 0.3) is 0 Å². The standard InChI is InChI=1S/C7H14N2O2.C3H6/c1-5(2)6(10)4-9-7(11)3-8;1-3-2/h5H,3-4,8H2,1-2H3,(H,9,11);3H,1H2,2H3. The summed E-state index contributed by atoms with van der Waals surface area (Å²) in [5.41, 5.74) is 5.01. The molecule has 1 amide bonds. The van der Waals surface area contributed by atoms with E-state index in [4.69, 9.17) is 5.73 Å². The highest BCUT2D eigenvalue weighted by molar-refractivity contribution is 5.87. The highest BCUT2D eigenvalue weighted by atomic mass is 16.2. The summed E-state index contributed by atoms with van der Waals surface area (Å²) in [7, 11) is 0. The van der Waals surface area contributed by atoms with Gasteiger partial charge < -0.3 is 11.1 Å². The van der Waals surface area contributed by atoms with Gasteiger partial charge in [-0.1, -0.05) is 19.9 Å². The van der Waals surface area contributed by atoms with E-state index in [0.717, 1.165) is 0 Å². The average Bonchev–Trinajstić information content (AvgIpc) is 2.14. The second-order valence-electron chi connectivity index (χ2n) is 3.01. The number of nitrogens with one attached hydrogen (secondary N) is 1. The Kier molecular flexibility index (Phi) is 10.9. The van der Waals surface area contributed by atoms with Crippen molar-refractivity contribution in [1.29, 1.82) is 0 Å². The lowest BCUT2D eigenvalue weighted by atomic mass is 10.1. The minimum atomic E-state index is -0.293. The Morgan fingerprint density at radius 2 is 1.93 bits per heavy atom. The zero-order chi connectivity index (χ0) is 11.6. The highest BCUT2D eigenvalue weighted by Gasteiger charge is 2.07. The number of carbonyl (C=O) groups excluding carboxylic acids is 2. The van der Waals surface area contributed by atoms with Crippen molar-refractivity contribution in [2.45, 2.75) is 20.8 Å². The van der Waals surface area contributed by atoms with Crippen LogP contribution in [-0.4, -0.2) is 24.8 Å². The average molecular weight is 200 g/mol. The number of ketones is 1. The molecule has 82 valence electrons. The Bertz CT molecular complexity index is 189. The normalized spacial score (nSPS) is 8.64. The van der Waals surface area contributed by atoms with Crippen molar-refractivity contribution < 1.29 is 9.59 Å². The Morgan fingerprint density at radius 1 is 1.50 bits per heavy atom. The van der Waals surface area contributed by atoms with E-state index in [1.165, 1.54) is 0 Å². The number of hydrogen-bond acceptors (Lipinski definition) is 3. The second-order valence-corrected chi connectivity index (χ2v) is 3.01. The second kappa shape index (κ2) is 9.92. The molecule has 0 rings (SSSR count). The Morgan fingerprint density at radius 3 is 2.21 bits per heavy atom. The van der Waals surface area contributed by atoms with Gasteiger partial charge in [-0.2, -0.15) is 0 Å². The summed E-state index contributed by atoms with van der Waals surface area (Å²) in [6, 6.07) is 0. The van der Waals surface area contributed by atoms with E-state index in [1.54, 1.807) is 19.9 Å². The zero-order valence-electron chi connectivity index (χ0n) is 9.17. The third kappa shape index (κ3) is 10.8. The molecule has 0 spiro atoms. The van der Waals surface area contributed by atoms with Crippen molar-refractivity contribution in [3.63, 3.8) is 0 Å². The Hall–Kier alpha value is -1.16. The highest BCUT2D eigenvalue weighted by Crippen LogP contribution is 1.91. The van der Waals surface area contributed by atoms with Crippen molar-refractivity contribution in [2.75, 3.05) is 13.1 Å². The molecule has 4 nitrogen and oxygen atoms in total. The first kappa shape index (κ1) is 15.3. The summed E-state index contributed by atoms with van der Waals surface area (Å²) in [4.78, 5) is 21.5. The van der Waals surface area contributed by atoms with E-state index in [9.17, 15) is 9.59 Å². The summed E-state index contributed by atoms with van der Waals surface area (Å²) in [5.74, 6) is -0.307. The molecule has 3 N–H and O–H groups in total. The lowest BCUT2D eigenvalue weighted by Gasteiger charge is -2.04. The van der Waals surface area contributed by atoms with Crippen molar-refractivity contribution >= 4 is 11.7 Å². The first-order valence-electron chi connectivity index (χ1n) is 4.56. The largest absolute Gasteiger partial charge is 0.348 e. The van der Waals surface area contributed by atoms with Gasteiger partial charge in [0.2, 0.25) is 5.91 Å². The SMILES string of the molecule is C=CC.CC(C)C(=O)CNC(=O)CN. The Labute approximate surface area is 85.6 Å². The molecule has 0 unspecified atom stereocenters. The number of allylic oxidation sites excluding steroid dienone is 1. The maximum atomic E-state index is 10.9. The number of rotatable bonds is 4. The predicted molar refractivity (Wildman–Crippen MR) is 57.8 cm³/mol.